The van der Waals surface area contributed by atoms with Crippen molar-refractivity contribution in [1.29, 1.82) is 0 Å². The number of aryl methyl sites for hydroxylation is 1. The Morgan fingerprint density at radius 1 is 1.35 bits per heavy atom. The van der Waals surface area contributed by atoms with E-state index >= 15 is 0 Å². The Balaban J connectivity index is 1.55. The average molecular weight is 315 g/mol. The van der Waals surface area contributed by atoms with Crippen LogP contribution in [0.5, 0.6) is 0 Å². The van der Waals surface area contributed by atoms with Crippen molar-refractivity contribution in [3.63, 3.8) is 0 Å². The Morgan fingerprint density at radius 3 is 2.91 bits per heavy atom. The summed E-state index contributed by atoms with van der Waals surface area (Å²) in [4.78, 5) is 4.38. The van der Waals surface area contributed by atoms with E-state index in [0.29, 0.717) is 30.1 Å². The second-order valence-corrected chi connectivity index (χ2v) is 7.50. The first-order valence-corrected chi connectivity index (χ1v) is 9.31. The van der Waals surface area contributed by atoms with E-state index in [1.807, 2.05) is 6.20 Å². The van der Waals surface area contributed by atoms with Crippen LogP contribution in [0.25, 0.3) is 0 Å². The molecule has 3 heterocycles. The molecule has 3 fully saturated rings. The summed E-state index contributed by atoms with van der Waals surface area (Å²) in [5.74, 6) is 1.08. The Bertz CT molecular complexity index is 545. The molecule has 4 nitrogen and oxygen atoms in total. The summed E-state index contributed by atoms with van der Waals surface area (Å²) in [6.07, 6.45) is 7.92. The highest BCUT2D eigenvalue weighted by Gasteiger charge is 2.54. The first kappa shape index (κ1) is 15.6. The summed E-state index contributed by atoms with van der Waals surface area (Å²) >= 11 is 0. The van der Waals surface area contributed by atoms with Gasteiger partial charge in [0.25, 0.3) is 0 Å². The molecule has 0 spiro atoms. The van der Waals surface area contributed by atoms with Crippen molar-refractivity contribution in [3.8, 4) is 0 Å². The Labute approximate surface area is 139 Å². The van der Waals surface area contributed by atoms with Gasteiger partial charge in [-0.2, -0.15) is 0 Å². The SMILES string of the molecule is CCNCC1[C@@H](c2ccnc(C)c2)[C@H]2O[C@@H]1C[C@H]2NC1CCC1. The molecule has 1 unspecified atom stereocenters. The van der Waals surface area contributed by atoms with Gasteiger partial charge in [-0.3, -0.25) is 4.98 Å². The minimum Gasteiger partial charge on any atom is -0.372 e. The van der Waals surface area contributed by atoms with Crippen molar-refractivity contribution in [3.05, 3.63) is 29.6 Å². The number of nitrogens with zero attached hydrogens (tertiary/aromatic N) is 1. The van der Waals surface area contributed by atoms with Crippen molar-refractivity contribution in [2.75, 3.05) is 13.1 Å². The van der Waals surface area contributed by atoms with Gasteiger partial charge in [0.05, 0.1) is 12.2 Å². The second-order valence-electron chi connectivity index (χ2n) is 7.50. The summed E-state index contributed by atoms with van der Waals surface area (Å²) in [6.45, 7) is 6.35. The fraction of sp³-hybridized carbons (Fsp3) is 0.737. The van der Waals surface area contributed by atoms with Crippen LogP contribution in [0.2, 0.25) is 0 Å². The highest BCUT2D eigenvalue weighted by atomic mass is 16.5. The quantitative estimate of drug-likeness (QED) is 0.846. The van der Waals surface area contributed by atoms with E-state index in [-0.39, 0.29) is 0 Å². The molecule has 2 aliphatic heterocycles. The van der Waals surface area contributed by atoms with Crippen molar-refractivity contribution < 1.29 is 4.74 Å². The number of fused-ring (bicyclic) bond motifs is 2. The lowest BCUT2D eigenvalue weighted by Gasteiger charge is -2.37. The van der Waals surface area contributed by atoms with Gasteiger partial charge in [-0.05, 0) is 50.4 Å². The zero-order valence-corrected chi connectivity index (χ0v) is 14.3. The molecule has 4 heteroatoms. The monoisotopic (exact) mass is 315 g/mol. The number of rotatable bonds is 6. The minimum atomic E-state index is 0.325. The third-order valence-corrected chi connectivity index (χ3v) is 6.00. The molecular formula is C19H29N3O. The average Bonchev–Trinajstić information content (AvgIpc) is 3.06. The van der Waals surface area contributed by atoms with Gasteiger partial charge in [-0.15, -0.1) is 0 Å². The van der Waals surface area contributed by atoms with Gasteiger partial charge < -0.3 is 15.4 Å². The predicted molar refractivity (Wildman–Crippen MR) is 91.6 cm³/mol. The molecule has 0 radical (unpaired) electrons. The molecule has 2 N–H and O–H groups in total. The summed E-state index contributed by atoms with van der Waals surface area (Å²) in [6, 6.07) is 5.71. The largest absolute Gasteiger partial charge is 0.372 e. The van der Waals surface area contributed by atoms with Crippen LogP contribution in [0.1, 0.15) is 49.8 Å². The van der Waals surface area contributed by atoms with E-state index in [1.54, 1.807) is 0 Å². The van der Waals surface area contributed by atoms with E-state index in [4.69, 9.17) is 4.74 Å². The van der Waals surface area contributed by atoms with Crippen LogP contribution in [-0.2, 0) is 4.74 Å². The zero-order valence-electron chi connectivity index (χ0n) is 14.3. The van der Waals surface area contributed by atoms with Gasteiger partial charge in [0, 0.05) is 42.4 Å². The maximum atomic E-state index is 6.45. The number of nitrogens with one attached hydrogen (secondary N) is 2. The van der Waals surface area contributed by atoms with E-state index in [0.717, 1.165) is 24.8 Å². The molecule has 5 atom stereocenters. The van der Waals surface area contributed by atoms with Crippen LogP contribution in [0.4, 0.5) is 0 Å². The number of hydrogen-bond donors (Lipinski definition) is 2. The topological polar surface area (TPSA) is 46.2 Å². The molecule has 126 valence electrons. The van der Waals surface area contributed by atoms with Crippen molar-refractivity contribution >= 4 is 0 Å². The van der Waals surface area contributed by atoms with Crippen molar-refractivity contribution in [2.45, 2.75) is 69.7 Å². The minimum absolute atomic E-state index is 0.325. The van der Waals surface area contributed by atoms with Gasteiger partial charge in [0.1, 0.15) is 0 Å². The molecule has 4 rings (SSSR count). The van der Waals surface area contributed by atoms with Crippen LogP contribution in [0, 0.1) is 12.8 Å². The fourth-order valence-corrected chi connectivity index (χ4v) is 4.64. The standard InChI is InChI=1S/C19H29N3O/c1-3-20-11-15-17-10-16(22-14-5-4-6-14)19(23-17)18(15)13-7-8-21-12(2)9-13/h7-9,14-20,22H,3-6,10-11H2,1-2H3/t15?,16-,17-,18-,19+/m1/s1. The van der Waals surface area contributed by atoms with Crippen LogP contribution in [-0.4, -0.2) is 42.4 Å². The molecule has 2 bridgehead atoms. The molecule has 3 aliphatic rings. The van der Waals surface area contributed by atoms with Crippen LogP contribution in [0.15, 0.2) is 18.3 Å². The molecule has 1 aromatic heterocycles. The zero-order chi connectivity index (χ0) is 15.8. The van der Waals surface area contributed by atoms with Crippen LogP contribution in [0.3, 0.4) is 0 Å². The van der Waals surface area contributed by atoms with Gasteiger partial charge in [0.2, 0.25) is 0 Å². The number of pyridine rings is 1. The number of ether oxygens (including phenoxy) is 1. The van der Waals surface area contributed by atoms with Crippen molar-refractivity contribution in [2.24, 2.45) is 5.92 Å². The van der Waals surface area contributed by atoms with Gasteiger partial charge in [0.15, 0.2) is 0 Å². The smallest absolute Gasteiger partial charge is 0.0805 e. The Kier molecular flexibility index (Phi) is 4.39. The predicted octanol–water partition coefficient (Wildman–Crippen LogP) is 2.38. The first-order chi connectivity index (χ1) is 11.3. The van der Waals surface area contributed by atoms with E-state index in [9.17, 15) is 0 Å². The molecule has 0 aromatic carbocycles. The molecule has 2 saturated heterocycles. The van der Waals surface area contributed by atoms with Crippen LogP contribution < -0.4 is 10.6 Å². The Hall–Kier alpha value is -0.970. The molecule has 0 amide bonds. The number of hydrogen-bond acceptors (Lipinski definition) is 4. The van der Waals surface area contributed by atoms with E-state index < -0.39 is 0 Å². The lowest BCUT2D eigenvalue weighted by Crippen LogP contribution is -2.51. The highest BCUT2D eigenvalue weighted by molar-refractivity contribution is 5.27. The summed E-state index contributed by atoms with van der Waals surface area (Å²) in [5.41, 5.74) is 2.52. The highest BCUT2D eigenvalue weighted by Crippen LogP contribution is 2.49. The maximum Gasteiger partial charge on any atom is 0.0805 e. The fourth-order valence-electron chi connectivity index (χ4n) is 4.64. The Morgan fingerprint density at radius 2 is 2.22 bits per heavy atom. The summed E-state index contributed by atoms with van der Waals surface area (Å²) < 4.78 is 6.45. The number of aromatic nitrogens is 1. The molecule has 1 saturated carbocycles. The third kappa shape index (κ3) is 2.92. The van der Waals surface area contributed by atoms with Gasteiger partial charge in [-0.1, -0.05) is 13.3 Å². The van der Waals surface area contributed by atoms with Crippen LogP contribution >= 0.6 is 0 Å². The molecule has 23 heavy (non-hydrogen) atoms. The van der Waals surface area contributed by atoms with Gasteiger partial charge >= 0.3 is 0 Å². The lowest BCUT2D eigenvalue weighted by atomic mass is 9.73. The molecule has 1 aromatic rings. The summed E-state index contributed by atoms with van der Waals surface area (Å²) in [5, 5.41) is 7.43. The first-order valence-electron chi connectivity index (χ1n) is 9.31. The van der Waals surface area contributed by atoms with E-state index in [1.165, 1.54) is 31.2 Å². The lowest BCUT2D eigenvalue weighted by molar-refractivity contribution is 0.0827. The molecular weight excluding hydrogens is 286 g/mol. The maximum absolute atomic E-state index is 6.45. The van der Waals surface area contributed by atoms with E-state index in [2.05, 4.69) is 41.6 Å². The summed E-state index contributed by atoms with van der Waals surface area (Å²) in [7, 11) is 0. The van der Waals surface area contributed by atoms with Gasteiger partial charge in [-0.25, -0.2) is 0 Å². The molecule has 1 aliphatic carbocycles. The second kappa shape index (κ2) is 6.50. The third-order valence-electron chi connectivity index (χ3n) is 6.00. The normalized spacial score (nSPS) is 36.3. The van der Waals surface area contributed by atoms with Crippen molar-refractivity contribution in [1.82, 2.24) is 15.6 Å².